The van der Waals surface area contributed by atoms with Gasteiger partial charge in [-0.1, -0.05) is 159 Å². The van der Waals surface area contributed by atoms with E-state index in [2.05, 4.69) is 201 Å². The lowest BCUT2D eigenvalue weighted by Crippen LogP contribution is -2.16. The minimum Gasteiger partial charge on any atom is -0.455 e. The molecule has 3 nitrogen and oxygen atoms in total. The van der Waals surface area contributed by atoms with E-state index in [1.807, 2.05) is 6.07 Å². The van der Waals surface area contributed by atoms with Gasteiger partial charge in [0.1, 0.15) is 16.7 Å². The number of benzene rings is 9. The Morgan fingerprint density at radius 3 is 1.81 bits per heavy atom. The Balaban J connectivity index is 1.18. The summed E-state index contributed by atoms with van der Waals surface area (Å²) in [4.78, 5) is 2.37. The van der Waals surface area contributed by atoms with Gasteiger partial charge in [0.25, 0.3) is 0 Å². The quantitative estimate of drug-likeness (QED) is 0.176. The zero-order chi connectivity index (χ0) is 38.5. The molecule has 58 heavy (non-hydrogen) atoms. The van der Waals surface area contributed by atoms with Crippen LogP contribution in [0.5, 0.6) is 0 Å². The topological polar surface area (TPSA) is 29.5 Å². The van der Waals surface area contributed by atoms with E-state index >= 15 is 0 Å². The number of hydrogen-bond acceptors (Lipinski definition) is 3. The molecular weight excluding hydrogens is 707 g/mol. The lowest BCUT2D eigenvalue weighted by atomic mass is 9.82. The third-order valence-corrected chi connectivity index (χ3v) is 12.4. The standard InChI is InChI=1S/C55H37NO2/c1-55(2)47-25-13-11-21-39(47)40-29-28-36(31-48(40)55)56(49-26-15-24-43-41-22-12-14-27-50(41)57-54(43)49)37-30-45(35-18-7-4-8-19-35)52-46-33-44(34-16-5-3-6-17-34)38-20-9-10-23-42(38)53(46)58-51(52)32-37/h3-33H,1-2H3. The molecule has 0 unspecified atom stereocenters. The predicted molar refractivity (Wildman–Crippen MR) is 242 cm³/mol. The van der Waals surface area contributed by atoms with Crippen LogP contribution >= 0.6 is 0 Å². The van der Waals surface area contributed by atoms with Crippen molar-refractivity contribution in [3.05, 3.63) is 199 Å². The molecule has 0 aliphatic heterocycles. The highest BCUT2D eigenvalue weighted by Crippen LogP contribution is 2.52. The van der Waals surface area contributed by atoms with Crippen molar-refractivity contribution >= 4 is 71.7 Å². The molecule has 0 saturated heterocycles. The van der Waals surface area contributed by atoms with Crippen molar-refractivity contribution in [2.45, 2.75) is 19.3 Å². The highest BCUT2D eigenvalue weighted by molar-refractivity contribution is 6.23. The monoisotopic (exact) mass is 743 g/mol. The summed E-state index contributed by atoms with van der Waals surface area (Å²) in [6, 6.07) is 67.5. The smallest absolute Gasteiger partial charge is 0.159 e. The average Bonchev–Trinajstić information content (AvgIpc) is 3.92. The normalized spacial score (nSPS) is 13.1. The van der Waals surface area contributed by atoms with Crippen LogP contribution in [0.4, 0.5) is 17.1 Å². The second-order valence-electron chi connectivity index (χ2n) is 16.0. The van der Waals surface area contributed by atoms with Crippen LogP contribution in [0.25, 0.3) is 88.0 Å². The number of furan rings is 2. The highest BCUT2D eigenvalue weighted by Gasteiger charge is 2.36. The van der Waals surface area contributed by atoms with Gasteiger partial charge < -0.3 is 13.7 Å². The Morgan fingerprint density at radius 2 is 1.00 bits per heavy atom. The van der Waals surface area contributed by atoms with Crippen LogP contribution in [0.3, 0.4) is 0 Å². The van der Waals surface area contributed by atoms with Gasteiger partial charge in [0.05, 0.1) is 11.4 Å². The minimum absolute atomic E-state index is 0.172. The summed E-state index contributed by atoms with van der Waals surface area (Å²) in [6.45, 7) is 4.68. The molecule has 12 rings (SSSR count). The summed E-state index contributed by atoms with van der Waals surface area (Å²) in [6.07, 6.45) is 0. The van der Waals surface area contributed by atoms with Crippen molar-refractivity contribution in [1.29, 1.82) is 0 Å². The Labute approximate surface area is 336 Å². The van der Waals surface area contributed by atoms with E-state index in [4.69, 9.17) is 8.83 Å². The number of nitrogens with zero attached hydrogens (tertiary/aromatic N) is 1. The van der Waals surface area contributed by atoms with Crippen molar-refractivity contribution in [3.63, 3.8) is 0 Å². The van der Waals surface area contributed by atoms with Gasteiger partial charge in [-0.05, 0) is 86.3 Å². The van der Waals surface area contributed by atoms with E-state index in [-0.39, 0.29) is 5.41 Å². The third kappa shape index (κ3) is 4.74. The van der Waals surface area contributed by atoms with Crippen molar-refractivity contribution in [1.82, 2.24) is 0 Å². The Bertz CT molecular complexity index is 3430. The first-order valence-electron chi connectivity index (χ1n) is 20.0. The molecule has 0 fully saturated rings. The number of para-hydroxylation sites is 2. The number of hydrogen-bond donors (Lipinski definition) is 0. The van der Waals surface area contributed by atoms with Crippen LogP contribution in [0.1, 0.15) is 25.0 Å². The van der Waals surface area contributed by atoms with Gasteiger partial charge in [0.2, 0.25) is 0 Å². The molecule has 0 atom stereocenters. The molecule has 2 heterocycles. The molecular formula is C55H37NO2. The van der Waals surface area contributed by atoms with Gasteiger partial charge >= 0.3 is 0 Å². The molecule has 0 N–H and O–H groups in total. The zero-order valence-electron chi connectivity index (χ0n) is 32.2. The third-order valence-electron chi connectivity index (χ3n) is 12.4. The molecule has 0 amide bonds. The van der Waals surface area contributed by atoms with E-state index in [1.54, 1.807) is 0 Å². The predicted octanol–water partition coefficient (Wildman–Crippen LogP) is 15.7. The van der Waals surface area contributed by atoms with Crippen LogP contribution in [-0.2, 0) is 5.41 Å². The van der Waals surface area contributed by atoms with Crippen molar-refractivity contribution in [3.8, 4) is 33.4 Å². The molecule has 0 radical (unpaired) electrons. The van der Waals surface area contributed by atoms with Gasteiger partial charge in [0.15, 0.2) is 5.58 Å². The fraction of sp³-hybridized carbons (Fsp3) is 0.0545. The fourth-order valence-corrected chi connectivity index (χ4v) is 9.71. The fourth-order valence-electron chi connectivity index (χ4n) is 9.71. The second kappa shape index (κ2) is 12.3. The average molecular weight is 744 g/mol. The van der Waals surface area contributed by atoms with Crippen molar-refractivity contribution in [2.75, 3.05) is 4.90 Å². The Kier molecular flexibility index (Phi) is 6.98. The van der Waals surface area contributed by atoms with Gasteiger partial charge in [-0.15, -0.1) is 0 Å². The molecule has 274 valence electrons. The lowest BCUT2D eigenvalue weighted by molar-refractivity contribution is 0.660. The second-order valence-corrected chi connectivity index (χ2v) is 16.0. The number of rotatable bonds is 5. The zero-order valence-corrected chi connectivity index (χ0v) is 32.2. The first kappa shape index (κ1) is 32.8. The van der Waals surface area contributed by atoms with E-state index in [0.717, 1.165) is 77.5 Å². The molecule has 0 bridgehead atoms. The van der Waals surface area contributed by atoms with E-state index in [0.29, 0.717) is 0 Å². The molecule has 1 aliphatic carbocycles. The molecule has 1 aliphatic rings. The first-order chi connectivity index (χ1) is 28.5. The van der Waals surface area contributed by atoms with Crippen LogP contribution in [0.2, 0.25) is 0 Å². The van der Waals surface area contributed by atoms with E-state index < -0.39 is 0 Å². The number of anilines is 3. The summed E-state index contributed by atoms with van der Waals surface area (Å²) in [5.74, 6) is 0. The molecule has 2 aromatic heterocycles. The summed E-state index contributed by atoms with van der Waals surface area (Å²) in [7, 11) is 0. The lowest BCUT2D eigenvalue weighted by Gasteiger charge is -2.28. The van der Waals surface area contributed by atoms with E-state index in [1.165, 1.54) is 38.8 Å². The van der Waals surface area contributed by atoms with Crippen LogP contribution in [-0.4, -0.2) is 0 Å². The first-order valence-corrected chi connectivity index (χ1v) is 20.0. The highest BCUT2D eigenvalue weighted by atomic mass is 16.3. The summed E-state index contributed by atoms with van der Waals surface area (Å²) >= 11 is 0. The van der Waals surface area contributed by atoms with Crippen LogP contribution < -0.4 is 4.90 Å². The summed E-state index contributed by atoms with van der Waals surface area (Å²) < 4.78 is 13.9. The van der Waals surface area contributed by atoms with Gasteiger partial charge in [0, 0.05) is 44.1 Å². The summed E-state index contributed by atoms with van der Waals surface area (Å²) in [5, 5.41) is 6.64. The Hall–Kier alpha value is -7.36. The number of fused-ring (bicyclic) bond motifs is 11. The van der Waals surface area contributed by atoms with Crippen LogP contribution in [0, 0.1) is 0 Å². The molecule has 11 aromatic rings. The van der Waals surface area contributed by atoms with Crippen molar-refractivity contribution < 1.29 is 8.83 Å². The van der Waals surface area contributed by atoms with Gasteiger partial charge in [-0.25, -0.2) is 0 Å². The van der Waals surface area contributed by atoms with Gasteiger partial charge in [-0.3, -0.25) is 0 Å². The SMILES string of the molecule is CC1(C)c2ccccc2-c2ccc(N(c3cc(-c4ccccc4)c4c(c3)oc3c5ccccc5c(-c5ccccc5)cc34)c3cccc4c3oc3ccccc34)cc21. The minimum atomic E-state index is -0.172. The maximum absolute atomic E-state index is 7.12. The van der Waals surface area contributed by atoms with Gasteiger partial charge in [-0.2, -0.15) is 0 Å². The maximum Gasteiger partial charge on any atom is 0.159 e. The molecule has 0 saturated carbocycles. The summed E-state index contributed by atoms with van der Waals surface area (Å²) in [5.41, 5.74) is 16.1. The molecule has 0 spiro atoms. The maximum atomic E-state index is 7.12. The molecule has 3 heteroatoms. The van der Waals surface area contributed by atoms with Crippen LogP contribution in [0.15, 0.2) is 197 Å². The van der Waals surface area contributed by atoms with Crippen molar-refractivity contribution in [2.24, 2.45) is 0 Å². The van der Waals surface area contributed by atoms with E-state index in [9.17, 15) is 0 Å². The Morgan fingerprint density at radius 1 is 0.379 bits per heavy atom. The largest absolute Gasteiger partial charge is 0.455 e. The molecule has 9 aromatic carbocycles.